The molecule has 0 bridgehead atoms. The number of amides is 1. The lowest BCUT2D eigenvalue weighted by molar-refractivity contribution is 0.102. The highest BCUT2D eigenvalue weighted by molar-refractivity contribution is 6.14. The van der Waals surface area contributed by atoms with Gasteiger partial charge >= 0.3 is 0 Å². The van der Waals surface area contributed by atoms with E-state index in [1.54, 1.807) is 30.9 Å². The van der Waals surface area contributed by atoms with Crippen molar-refractivity contribution < 1.29 is 4.79 Å². The van der Waals surface area contributed by atoms with E-state index in [1.807, 2.05) is 24.3 Å². The molecule has 134 valence electrons. The van der Waals surface area contributed by atoms with E-state index in [4.69, 9.17) is 0 Å². The van der Waals surface area contributed by atoms with Crippen LogP contribution < -0.4 is 5.32 Å². The van der Waals surface area contributed by atoms with Crippen LogP contribution in [-0.2, 0) is 0 Å². The summed E-state index contributed by atoms with van der Waals surface area (Å²) in [6.45, 7) is 0. The number of hydrogen-bond acceptors (Lipinski definition) is 4. The van der Waals surface area contributed by atoms with Gasteiger partial charge in [-0.15, -0.1) is 0 Å². The zero-order chi connectivity index (χ0) is 18.9. The van der Waals surface area contributed by atoms with Gasteiger partial charge in [-0.3, -0.25) is 20.1 Å². The Morgan fingerprint density at radius 3 is 2.46 bits per heavy atom. The number of aromatic nitrogens is 4. The molecule has 0 spiro atoms. The maximum Gasteiger partial charge on any atom is 0.260 e. The van der Waals surface area contributed by atoms with Crippen LogP contribution in [0.1, 0.15) is 10.4 Å². The number of fused-ring (bicyclic) bond motifs is 2. The maximum atomic E-state index is 12.7. The molecule has 0 aliphatic carbocycles. The van der Waals surface area contributed by atoms with Gasteiger partial charge in [0.15, 0.2) is 0 Å². The Morgan fingerprint density at radius 2 is 1.61 bits per heavy atom. The minimum absolute atomic E-state index is 0.287. The van der Waals surface area contributed by atoms with Crippen LogP contribution in [0.3, 0.4) is 0 Å². The summed E-state index contributed by atoms with van der Waals surface area (Å²) < 4.78 is 0. The van der Waals surface area contributed by atoms with Gasteiger partial charge in [-0.25, -0.2) is 4.98 Å². The second-order valence-electron chi connectivity index (χ2n) is 6.33. The van der Waals surface area contributed by atoms with Crippen molar-refractivity contribution in [3.8, 4) is 11.1 Å². The maximum absolute atomic E-state index is 12.7. The number of carbonyl (C=O) groups excluding carboxylic acids is 1. The van der Waals surface area contributed by atoms with E-state index in [-0.39, 0.29) is 5.91 Å². The van der Waals surface area contributed by atoms with Gasteiger partial charge in [0.25, 0.3) is 5.91 Å². The average molecular weight is 365 g/mol. The van der Waals surface area contributed by atoms with Crippen molar-refractivity contribution >= 4 is 33.7 Å². The van der Waals surface area contributed by atoms with Gasteiger partial charge < -0.3 is 4.98 Å². The standard InChI is InChI=1S/C22H15N5O/c28-21(27-22-25-12-13-26-22)18-9-8-17(19-20(18)24-11-10-23-19)16-7-3-5-14-4-1-2-6-15(14)16/h1-13H,(H2,25,26,27,28). The number of anilines is 1. The molecule has 6 heteroatoms. The Labute approximate surface area is 160 Å². The molecular weight excluding hydrogens is 350 g/mol. The van der Waals surface area contributed by atoms with Crippen LogP contribution in [0.25, 0.3) is 32.9 Å². The topological polar surface area (TPSA) is 83.6 Å². The van der Waals surface area contributed by atoms with E-state index >= 15 is 0 Å². The Balaban J connectivity index is 1.69. The van der Waals surface area contributed by atoms with E-state index in [2.05, 4.69) is 49.5 Å². The summed E-state index contributed by atoms with van der Waals surface area (Å²) in [7, 11) is 0. The first kappa shape index (κ1) is 16.1. The third-order valence-electron chi connectivity index (χ3n) is 4.68. The molecule has 1 amide bonds. The fourth-order valence-corrected chi connectivity index (χ4v) is 3.43. The molecule has 0 aliphatic rings. The highest BCUT2D eigenvalue weighted by Crippen LogP contribution is 2.33. The van der Waals surface area contributed by atoms with Crippen molar-refractivity contribution in [2.45, 2.75) is 0 Å². The second-order valence-corrected chi connectivity index (χ2v) is 6.33. The molecular formula is C22H15N5O. The molecule has 28 heavy (non-hydrogen) atoms. The van der Waals surface area contributed by atoms with Crippen LogP contribution in [0.5, 0.6) is 0 Å². The van der Waals surface area contributed by atoms with E-state index in [9.17, 15) is 4.79 Å². The molecule has 0 saturated carbocycles. The summed E-state index contributed by atoms with van der Waals surface area (Å²) in [5, 5.41) is 5.02. The number of nitrogens with zero attached hydrogens (tertiary/aromatic N) is 3. The summed E-state index contributed by atoms with van der Waals surface area (Å²) in [5.74, 6) is 0.102. The smallest absolute Gasteiger partial charge is 0.260 e. The monoisotopic (exact) mass is 365 g/mol. The van der Waals surface area contributed by atoms with E-state index in [0.29, 0.717) is 22.5 Å². The molecule has 0 fully saturated rings. The Hall–Kier alpha value is -4.06. The van der Waals surface area contributed by atoms with E-state index < -0.39 is 0 Å². The van der Waals surface area contributed by atoms with Crippen LogP contribution in [0.4, 0.5) is 5.95 Å². The lowest BCUT2D eigenvalue weighted by Gasteiger charge is -2.11. The van der Waals surface area contributed by atoms with E-state index in [1.165, 1.54) is 0 Å². The molecule has 2 N–H and O–H groups in total. The first-order valence-corrected chi connectivity index (χ1v) is 8.84. The number of benzene rings is 3. The SMILES string of the molecule is O=C(Nc1ncc[nH]1)c1ccc(-c2cccc3ccccc23)c2nccnc12. The Kier molecular flexibility index (Phi) is 3.80. The normalized spacial score (nSPS) is 11.0. The van der Waals surface area contributed by atoms with Gasteiger partial charge in [-0.2, -0.15) is 0 Å². The van der Waals surface area contributed by atoms with Gasteiger partial charge in [-0.05, 0) is 22.4 Å². The van der Waals surface area contributed by atoms with Crippen LogP contribution in [-0.4, -0.2) is 25.8 Å². The number of aromatic amines is 1. The minimum Gasteiger partial charge on any atom is -0.331 e. The first-order chi connectivity index (χ1) is 13.8. The lowest BCUT2D eigenvalue weighted by Crippen LogP contribution is -2.14. The van der Waals surface area contributed by atoms with Crippen LogP contribution in [0.2, 0.25) is 0 Å². The van der Waals surface area contributed by atoms with Crippen molar-refractivity contribution in [2.24, 2.45) is 0 Å². The molecule has 3 aromatic carbocycles. The van der Waals surface area contributed by atoms with Crippen molar-refractivity contribution in [1.82, 2.24) is 19.9 Å². The van der Waals surface area contributed by atoms with Crippen LogP contribution in [0.15, 0.2) is 79.4 Å². The number of hydrogen-bond donors (Lipinski definition) is 2. The summed E-state index contributed by atoms with van der Waals surface area (Å²) in [4.78, 5) is 28.6. The number of rotatable bonds is 3. The number of carbonyl (C=O) groups is 1. The highest BCUT2D eigenvalue weighted by atomic mass is 16.1. The molecule has 0 saturated heterocycles. The second kappa shape index (κ2) is 6.59. The van der Waals surface area contributed by atoms with Gasteiger partial charge in [0.2, 0.25) is 5.95 Å². The number of nitrogens with one attached hydrogen (secondary N) is 2. The average Bonchev–Trinajstić information content (AvgIpc) is 3.25. The lowest BCUT2D eigenvalue weighted by atomic mass is 9.95. The molecule has 2 aromatic heterocycles. The number of H-pyrrole nitrogens is 1. The molecule has 2 heterocycles. The molecule has 0 radical (unpaired) electrons. The summed E-state index contributed by atoms with van der Waals surface area (Å²) in [5.41, 5.74) is 3.68. The third kappa shape index (κ3) is 2.68. The number of imidazole rings is 1. The zero-order valence-electron chi connectivity index (χ0n) is 14.8. The summed E-state index contributed by atoms with van der Waals surface area (Å²) in [6.07, 6.45) is 6.47. The molecule has 6 nitrogen and oxygen atoms in total. The van der Waals surface area contributed by atoms with Crippen LogP contribution in [0, 0.1) is 0 Å². The Bertz CT molecular complexity index is 1310. The third-order valence-corrected chi connectivity index (χ3v) is 4.68. The van der Waals surface area contributed by atoms with E-state index in [0.717, 1.165) is 21.9 Å². The highest BCUT2D eigenvalue weighted by Gasteiger charge is 2.17. The molecule has 0 atom stereocenters. The fraction of sp³-hybridized carbons (Fsp3) is 0. The van der Waals surface area contributed by atoms with Crippen molar-refractivity contribution in [3.05, 3.63) is 84.9 Å². The van der Waals surface area contributed by atoms with Crippen molar-refractivity contribution in [2.75, 3.05) is 5.32 Å². The van der Waals surface area contributed by atoms with Crippen LogP contribution >= 0.6 is 0 Å². The predicted octanol–water partition coefficient (Wildman–Crippen LogP) is 4.43. The predicted molar refractivity (Wildman–Crippen MR) is 109 cm³/mol. The first-order valence-electron chi connectivity index (χ1n) is 8.84. The van der Waals surface area contributed by atoms with Gasteiger partial charge in [0, 0.05) is 30.4 Å². The quantitative estimate of drug-likeness (QED) is 0.495. The van der Waals surface area contributed by atoms with Gasteiger partial charge in [0.1, 0.15) is 5.52 Å². The molecule has 0 aliphatic heterocycles. The molecule has 5 rings (SSSR count). The van der Waals surface area contributed by atoms with Gasteiger partial charge in [-0.1, -0.05) is 48.5 Å². The zero-order valence-corrected chi connectivity index (χ0v) is 14.8. The fourth-order valence-electron chi connectivity index (χ4n) is 3.43. The largest absolute Gasteiger partial charge is 0.331 e. The molecule has 0 unspecified atom stereocenters. The molecule has 5 aromatic rings. The van der Waals surface area contributed by atoms with Gasteiger partial charge in [0.05, 0.1) is 11.1 Å². The summed E-state index contributed by atoms with van der Waals surface area (Å²) in [6, 6.07) is 18.1. The summed E-state index contributed by atoms with van der Waals surface area (Å²) >= 11 is 0. The van der Waals surface area contributed by atoms with Crippen molar-refractivity contribution in [3.63, 3.8) is 0 Å². The Morgan fingerprint density at radius 1 is 0.786 bits per heavy atom. The van der Waals surface area contributed by atoms with Crippen molar-refractivity contribution in [1.29, 1.82) is 0 Å². The minimum atomic E-state index is -0.287.